The number of nitrogens with zero attached hydrogens (tertiary/aromatic N) is 2. The molecule has 2 heterocycles. The number of aliphatic hydroxyl groups excluding tert-OH is 1. The zero-order valence-corrected chi connectivity index (χ0v) is 12.9. The van der Waals surface area contributed by atoms with Crippen molar-refractivity contribution in [2.24, 2.45) is 0 Å². The van der Waals surface area contributed by atoms with Crippen molar-refractivity contribution in [3.63, 3.8) is 0 Å². The topological polar surface area (TPSA) is 113 Å². The Bertz CT molecular complexity index is 771. The van der Waals surface area contributed by atoms with Crippen molar-refractivity contribution >= 4 is 11.9 Å². The standard InChI is InChI=1S/C16H16N2O6/c1-9-14(17-8-23-9)15(20)18-6-12(19)13(7-18)24-11-4-2-3-10(5-11)16(21)22/h2-5,8,12-13,19H,6-7H2,1H3,(H,21,22)/t12-,13-/m1/s1. The van der Waals surface area contributed by atoms with Gasteiger partial charge in [-0.1, -0.05) is 6.07 Å². The van der Waals surface area contributed by atoms with Crippen LogP contribution in [0.3, 0.4) is 0 Å². The Hall–Kier alpha value is -2.87. The highest BCUT2D eigenvalue weighted by atomic mass is 16.5. The number of ether oxygens (including phenoxy) is 1. The molecule has 126 valence electrons. The van der Waals surface area contributed by atoms with E-state index >= 15 is 0 Å². The van der Waals surface area contributed by atoms with Crippen LogP contribution in [-0.4, -0.2) is 57.3 Å². The molecule has 3 rings (SSSR count). The van der Waals surface area contributed by atoms with Crippen LogP contribution < -0.4 is 4.74 Å². The zero-order valence-electron chi connectivity index (χ0n) is 12.9. The molecule has 0 saturated carbocycles. The number of carboxylic acid groups (broad SMARTS) is 1. The van der Waals surface area contributed by atoms with Crippen molar-refractivity contribution in [3.05, 3.63) is 47.7 Å². The Kier molecular flexibility index (Phi) is 4.22. The van der Waals surface area contributed by atoms with Gasteiger partial charge in [-0.05, 0) is 25.1 Å². The predicted molar refractivity (Wildman–Crippen MR) is 81.0 cm³/mol. The number of rotatable bonds is 4. The molecular weight excluding hydrogens is 316 g/mol. The summed E-state index contributed by atoms with van der Waals surface area (Å²) < 4.78 is 10.7. The Morgan fingerprint density at radius 1 is 1.38 bits per heavy atom. The molecule has 0 bridgehead atoms. The van der Waals surface area contributed by atoms with Gasteiger partial charge in [0.1, 0.15) is 23.7 Å². The molecule has 1 saturated heterocycles. The molecule has 1 aromatic heterocycles. The fraction of sp³-hybridized carbons (Fsp3) is 0.312. The van der Waals surface area contributed by atoms with Gasteiger partial charge < -0.3 is 24.3 Å². The fourth-order valence-electron chi connectivity index (χ4n) is 2.58. The minimum atomic E-state index is -1.06. The number of oxazole rings is 1. The van der Waals surface area contributed by atoms with Crippen LogP contribution in [0, 0.1) is 6.92 Å². The lowest BCUT2D eigenvalue weighted by Gasteiger charge is -2.17. The van der Waals surface area contributed by atoms with Gasteiger partial charge in [-0.15, -0.1) is 0 Å². The molecule has 1 amide bonds. The summed E-state index contributed by atoms with van der Waals surface area (Å²) in [5, 5.41) is 19.1. The van der Waals surface area contributed by atoms with E-state index in [2.05, 4.69) is 4.98 Å². The van der Waals surface area contributed by atoms with E-state index in [9.17, 15) is 14.7 Å². The lowest BCUT2D eigenvalue weighted by atomic mass is 10.2. The summed E-state index contributed by atoms with van der Waals surface area (Å²) in [5.74, 6) is -0.671. The lowest BCUT2D eigenvalue weighted by molar-refractivity contribution is 0.0686. The number of aromatic carboxylic acids is 1. The summed E-state index contributed by atoms with van der Waals surface area (Å²) >= 11 is 0. The number of hydrogen-bond donors (Lipinski definition) is 2. The Labute approximate surface area is 137 Å². The van der Waals surface area contributed by atoms with Gasteiger partial charge in [-0.2, -0.15) is 0 Å². The molecule has 8 nitrogen and oxygen atoms in total. The van der Waals surface area contributed by atoms with Gasteiger partial charge in [-0.3, -0.25) is 4.79 Å². The largest absolute Gasteiger partial charge is 0.486 e. The number of carbonyl (C=O) groups excluding carboxylic acids is 1. The average molecular weight is 332 g/mol. The number of carboxylic acids is 1. The quantitative estimate of drug-likeness (QED) is 0.857. The molecular formula is C16H16N2O6. The van der Waals surface area contributed by atoms with Crippen molar-refractivity contribution in [2.75, 3.05) is 13.1 Å². The average Bonchev–Trinajstić information content (AvgIpc) is 3.13. The number of β-amino-alcohol motifs (C(OH)–C–C–N with tert-alkyl or cyclic N) is 1. The molecule has 0 spiro atoms. The van der Waals surface area contributed by atoms with Crippen LogP contribution in [0.15, 0.2) is 35.1 Å². The van der Waals surface area contributed by atoms with Gasteiger partial charge in [0.2, 0.25) is 0 Å². The zero-order chi connectivity index (χ0) is 17.3. The summed E-state index contributed by atoms with van der Waals surface area (Å²) in [6.07, 6.45) is -0.333. The summed E-state index contributed by atoms with van der Waals surface area (Å²) in [7, 11) is 0. The molecule has 2 atom stereocenters. The monoisotopic (exact) mass is 332 g/mol. The Balaban J connectivity index is 1.70. The molecule has 0 radical (unpaired) electrons. The van der Waals surface area contributed by atoms with E-state index in [0.717, 1.165) is 0 Å². The summed E-state index contributed by atoms with van der Waals surface area (Å²) in [6, 6.07) is 5.98. The van der Waals surface area contributed by atoms with Crippen LogP contribution in [0.4, 0.5) is 0 Å². The summed E-state index contributed by atoms with van der Waals surface area (Å²) in [6.45, 7) is 1.91. The molecule has 1 fully saturated rings. The minimum Gasteiger partial charge on any atom is -0.486 e. The van der Waals surface area contributed by atoms with E-state index in [4.69, 9.17) is 14.3 Å². The molecule has 1 aliphatic heterocycles. The minimum absolute atomic E-state index is 0.0890. The van der Waals surface area contributed by atoms with Crippen LogP contribution in [-0.2, 0) is 0 Å². The van der Waals surface area contributed by atoms with Gasteiger partial charge >= 0.3 is 5.97 Å². The van der Waals surface area contributed by atoms with Crippen LogP contribution in [0.25, 0.3) is 0 Å². The third kappa shape index (κ3) is 3.09. The molecule has 1 aromatic carbocycles. The maximum Gasteiger partial charge on any atom is 0.335 e. The number of aliphatic hydroxyl groups is 1. The molecule has 8 heteroatoms. The molecule has 2 N–H and O–H groups in total. The van der Waals surface area contributed by atoms with Crippen molar-refractivity contribution in [1.82, 2.24) is 9.88 Å². The highest BCUT2D eigenvalue weighted by Crippen LogP contribution is 2.22. The summed E-state index contributed by atoms with van der Waals surface area (Å²) in [5.41, 5.74) is 0.293. The van der Waals surface area contributed by atoms with E-state index in [1.165, 1.54) is 23.4 Å². The number of aromatic nitrogens is 1. The first-order valence-corrected chi connectivity index (χ1v) is 7.33. The number of aryl methyl sites for hydroxylation is 1. The van der Waals surface area contributed by atoms with Gasteiger partial charge in [0.05, 0.1) is 18.7 Å². The van der Waals surface area contributed by atoms with Crippen molar-refractivity contribution in [2.45, 2.75) is 19.1 Å². The maximum atomic E-state index is 12.4. The predicted octanol–water partition coefficient (Wildman–Crippen LogP) is 0.946. The van der Waals surface area contributed by atoms with Crippen LogP contribution >= 0.6 is 0 Å². The Morgan fingerprint density at radius 3 is 2.83 bits per heavy atom. The molecule has 0 aliphatic carbocycles. The first-order chi connectivity index (χ1) is 11.5. The fourth-order valence-corrected chi connectivity index (χ4v) is 2.58. The number of likely N-dealkylation sites (tertiary alicyclic amines) is 1. The van der Waals surface area contributed by atoms with E-state index in [-0.39, 0.29) is 30.3 Å². The van der Waals surface area contributed by atoms with Gasteiger partial charge in [0.15, 0.2) is 12.1 Å². The van der Waals surface area contributed by atoms with Crippen LogP contribution in [0.2, 0.25) is 0 Å². The summed E-state index contributed by atoms with van der Waals surface area (Å²) in [4.78, 5) is 28.7. The number of carbonyl (C=O) groups is 2. The third-order valence-electron chi connectivity index (χ3n) is 3.84. The van der Waals surface area contributed by atoms with E-state index < -0.39 is 18.2 Å². The van der Waals surface area contributed by atoms with E-state index in [0.29, 0.717) is 11.5 Å². The second kappa shape index (κ2) is 6.32. The Morgan fingerprint density at radius 2 is 2.17 bits per heavy atom. The highest BCUT2D eigenvalue weighted by Gasteiger charge is 2.37. The van der Waals surface area contributed by atoms with Gasteiger partial charge in [0.25, 0.3) is 5.91 Å². The van der Waals surface area contributed by atoms with E-state index in [1.807, 2.05) is 0 Å². The molecule has 24 heavy (non-hydrogen) atoms. The number of amides is 1. The van der Waals surface area contributed by atoms with Gasteiger partial charge in [0, 0.05) is 0 Å². The first-order valence-electron chi connectivity index (χ1n) is 7.33. The van der Waals surface area contributed by atoms with E-state index in [1.54, 1.807) is 19.1 Å². The third-order valence-corrected chi connectivity index (χ3v) is 3.84. The maximum absolute atomic E-state index is 12.4. The van der Waals surface area contributed by atoms with Crippen molar-refractivity contribution in [3.8, 4) is 5.75 Å². The normalized spacial score (nSPS) is 20.2. The van der Waals surface area contributed by atoms with Crippen molar-refractivity contribution in [1.29, 1.82) is 0 Å². The molecule has 0 unspecified atom stereocenters. The number of benzene rings is 1. The SMILES string of the molecule is Cc1ocnc1C(=O)N1C[C@@H](O)[C@H](Oc2cccc(C(=O)O)c2)C1. The number of hydrogen-bond acceptors (Lipinski definition) is 6. The molecule has 1 aliphatic rings. The van der Waals surface area contributed by atoms with Gasteiger partial charge in [-0.25, -0.2) is 9.78 Å². The van der Waals surface area contributed by atoms with Crippen LogP contribution in [0.5, 0.6) is 5.75 Å². The molecule has 2 aromatic rings. The first kappa shape index (κ1) is 16.0. The highest BCUT2D eigenvalue weighted by molar-refractivity contribution is 5.93. The van der Waals surface area contributed by atoms with Crippen LogP contribution in [0.1, 0.15) is 26.6 Å². The van der Waals surface area contributed by atoms with Crippen molar-refractivity contribution < 1.29 is 29.0 Å². The second-order valence-electron chi connectivity index (χ2n) is 5.52. The smallest absolute Gasteiger partial charge is 0.335 e. The lowest BCUT2D eigenvalue weighted by Crippen LogP contribution is -2.31. The second-order valence-corrected chi connectivity index (χ2v) is 5.52.